The van der Waals surface area contributed by atoms with Gasteiger partial charge in [-0.05, 0) is 32.2 Å². The Hall–Kier alpha value is -0.210. The van der Waals surface area contributed by atoms with E-state index in [1.54, 1.807) is 8.61 Å². The highest BCUT2D eigenvalue weighted by Gasteiger charge is 2.43. The highest BCUT2D eigenvalue weighted by atomic mass is 32.2. The first-order chi connectivity index (χ1) is 8.78. The van der Waals surface area contributed by atoms with Crippen LogP contribution >= 0.6 is 0 Å². The Morgan fingerprint density at radius 2 is 2.11 bits per heavy atom. The molecule has 0 saturated carbocycles. The summed E-state index contributed by atoms with van der Waals surface area (Å²) in [6.07, 6.45) is 0.784. The van der Waals surface area contributed by atoms with Gasteiger partial charge in [0.05, 0.1) is 12.7 Å². The Balaban J connectivity index is 2.14. The molecule has 0 spiro atoms. The van der Waals surface area contributed by atoms with Crippen LogP contribution in [-0.2, 0) is 14.9 Å². The van der Waals surface area contributed by atoms with Crippen molar-refractivity contribution >= 4 is 10.2 Å². The number of nitrogens with zero attached hydrogens (tertiary/aromatic N) is 2. The molecule has 2 heterocycles. The summed E-state index contributed by atoms with van der Waals surface area (Å²) in [7, 11) is -3.39. The van der Waals surface area contributed by atoms with Crippen LogP contribution in [0, 0.1) is 5.41 Å². The van der Waals surface area contributed by atoms with Crippen molar-refractivity contribution in [2.45, 2.75) is 39.3 Å². The van der Waals surface area contributed by atoms with Crippen LogP contribution in [0.1, 0.15) is 27.2 Å². The van der Waals surface area contributed by atoms with Crippen molar-refractivity contribution in [2.75, 3.05) is 32.8 Å². The van der Waals surface area contributed by atoms with E-state index in [-0.39, 0.29) is 17.6 Å². The van der Waals surface area contributed by atoms with E-state index in [4.69, 9.17) is 10.5 Å². The van der Waals surface area contributed by atoms with Crippen molar-refractivity contribution in [3.63, 3.8) is 0 Å². The second kappa shape index (κ2) is 5.29. The zero-order chi connectivity index (χ0) is 14.3. The average Bonchev–Trinajstić information content (AvgIpc) is 2.76. The number of hydrogen-bond donors (Lipinski definition) is 1. The molecule has 2 fully saturated rings. The van der Waals surface area contributed by atoms with E-state index in [0.717, 1.165) is 6.42 Å². The molecular weight excluding hydrogens is 266 g/mol. The Morgan fingerprint density at radius 3 is 2.68 bits per heavy atom. The number of ether oxygens (including phenoxy) is 1. The van der Waals surface area contributed by atoms with Crippen molar-refractivity contribution in [3.8, 4) is 0 Å². The molecule has 0 bridgehead atoms. The van der Waals surface area contributed by atoms with Crippen molar-refractivity contribution < 1.29 is 13.2 Å². The number of nitrogens with two attached hydrogens (primary N) is 1. The second-order valence-corrected chi connectivity index (χ2v) is 8.05. The summed E-state index contributed by atoms with van der Waals surface area (Å²) < 4.78 is 34.1. The maximum Gasteiger partial charge on any atom is 0.282 e. The molecule has 2 N–H and O–H groups in total. The Labute approximate surface area is 116 Å². The number of morpholine rings is 1. The Morgan fingerprint density at radius 1 is 1.42 bits per heavy atom. The lowest BCUT2D eigenvalue weighted by Crippen LogP contribution is -2.54. The van der Waals surface area contributed by atoms with Crippen LogP contribution < -0.4 is 5.73 Å². The van der Waals surface area contributed by atoms with E-state index in [1.807, 2.05) is 20.8 Å². The van der Waals surface area contributed by atoms with Crippen LogP contribution in [0.25, 0.3) is 0 Å². The van der Waals surface area contributed by atoms with Gasteiger partial charge in [-0.15, -0.1) is 0 Å². The lowest BCUT2D eigenvalue weighted by atomic mass is 9.90. The maximum absolute atomic E-state index is 12.7. The van der Waals surface area contributed by atoms with E-state index in [1.165, 1.54) is 0 Å². The third-order valence-electron chi connectivity index (χ3n) is 4.19. The number of rotatable bonds is 3. The Kier molecular flexibility index (Phi) is 4.23. The molecule has 2 aliphatic heterocycles. The van der Waals surface area contributed by atoms with E-state index < -0.39 is 10.2 Å². The molecule has 19 heavy (non-hydrogen) atoms. The van der Waals surface area contributed by atoms with Crippen LogP contribution in [0.15, 0.2) is 0 Å². The van der Waals surface area contributed by atoms with Gasteiger partial charge in [0.2, 0.25) is 0 Å². The fourth-order valence-corrected chi connectivity index (χ4v) is 4.69. The molecule has 0 aromatic carbocycles. The summed E-state index contributed by atoms with van der Waals surface area (Å²) in [5.74, 6) is 0. The van der Waals surface area contributed by atoms with E-state index >= 15 is 0 Å². The fourth-order valence-electron chi connectivity index (χ4n) is 2.68. The highest BCUT2D eigenvalue weighted by molar-refractivity contribution is 7.86. The first-order valence-corrected chi connectivity index (χ1v) is 8.27. The van der Waals surface area contributed by atoms with Gasteiger partial charge in [0, 0.05) is 25.7 Å². The van der Waals surface area contributed by atoms with Crippen molar-refractivity contribution in [1.29, 1.82) is 0 Å². The minimum Gasteiger partial charge on any atom is -0.375 e. The van der Waals surface area contributed by atoms with E-state index in [2.05, 4.69) is 0 Å². The van der Waals surface area contributed by atoms with Crippen molar-refractivity contribution in [3.05, 3.63) is 0 Å². The lowest BCUT2D eigenvalue weighted by Gasteiger charge is -2.38. The Bertz CT molecular complexity index is 428. The number of hydrogen-bond acceptors (Lipinski definition) is 4. The monoisotopic (exact) mass is 291 g/mol. The van der Waals surface area contributed by atoms with Gasteiger partial charge in [-0.2, -0.15) is 17.0 Å². The minimum atomic E-state index is -3.39. The van der Waals surface area contributed by atoms with Crippen LogP contribution in [0.3, 0.4) is 0 Å². The van der Waals surface area contributed by atoms with Gasteiger partial charge in [0.25, 0.3) is 10.2 Å². The predicted molar refractivity (Wildman–Crippen MR) is 73.9 cm³/mol. The fraction of sp³-hybridized carbons (Fsp3) is 1.00. The normalized spacial score (nSPS) is 38.7. The molecule has 0 aliphatic carbocycles. The maximum atomic E-state index is 12.7. The molecule has 0 amide bonds. The quantitative estimate of drug-likeness (QED) is 0.795. The summed E-state index contributed by atoms with van der Waals surface area (Å²) in [5, 5.41) is 0. The molecule has 2 saturated heterocycles. The first kappa shape index (κ1) is 15.2. The van der Waals surface area contributed by atoms with Gasteiger partial charge in [-0.25, -0.2) is 0 Å². The smallest absolute Gasteiger partial charge is 0.282 e. The molecule has 0 radical (unpaired) electrons. The summed E-state index contributed by atoms with van der Waals surface area (Å²) >= 11 is 0. The minimum absolute atomic E-state index is 0.0468. The zero-order valence-corrected chi connectivity index (χ0v) is 12.8. The van der Waals surface area contributed by atoms with Gasteiger partial charge >= 0.3 is 0 Å². The zero-order valence-electron chi connectivity index (χ0n) is 12.0. The molecule has 2 aliphatic rings. The molecule has 3 atom stereocenters. The van der Waals surface area contributed by atoms with Crippen LogP contribution in [0.4, 0.5) is 0 Å². The van der Waals surface area contributed by atoms with Gasteiger partial charge in [0.1, 0.15) is 0 Å². The molecule has 2 rings (SSSR count). The largest absolute Gasteiger partial charge is 0.375 e. The van der Waals surface area contributed by atoms with Gasteiger partial charge in [0.15, 0.2) is 0 Å². The summed E-state index contributed by atoms with van der Waals surface area (Å²) in [4.78, 5) is 0. The standard InChI is InChI=1S/C12H25N3O3S/c1-10-7-18-11(2)6-15(10)19(16,17)14-5-4-12(3,8-13)9-14/h10-11H,4-9,13H2,1-3H3. The SMILES string of the molecule is CC1CN(S(=O)(=O)N2CCC(C)(CN)C2)C(C)CO1. The predicted octanol–water partition coefficient (Wildman–Crippen LogP) is 0.0111. The highest BCUT2D eigenvalue weighted by Crippen LogP contribution is 2.32. The molecule has 3 unspecified atom stereocenters. The van der Waals surface area contributed by atoms with Crippen LogP contribution in [0.5, 0.6) is 0 Å². The topological polar surface area (TPSA) is 75.9 Å². The van der Waals surface area contributed by atoms with E-state index in [9.17, 15) is 8.42 Å². The second-order valence-electron chi connectivity index (χ2n) is 6.17. The first-order valence-electron chi connectivity index (χ1n) is 6.87. The summed E-state index contributed by atoms with van der Waals surface area (Å²) in [5.41, 5.74) is 5.66. The van der Waals surface area contributed by atoms with Gasteiger partial charge < -0.3 is 10.5 Å². The molecular formula is C12H25N3O3S. The van der Waals surface area contributed by atoms with Crippen LogP contribution in [-0.4, -0.2) is 62.0 Å². The third kappa shape index (κ3) is 2.95. The molecule has 7 heteroatoms. The van der Waals surface area contributed by atoms with Crippen LogP contribution in [0.2, 0.25) is 0 Å². The van der Waals surface area contributed by atoms with Crippen molar-refractivity contribution in [2.24, 2.45) is 11.1 Å². The summed E-state index contributed by atoms with van der Waals surface area (Å²) in [6.45, 7) is 8.34. The molecule has 112 valence electrons. The molecule has 6 nitrogen and oxygen atoms in total. The lowest BCUT2D eigenvalue weighted by molar-refractivity contribution is -0.0189. The van der Waals surface area contributed by atoms with Gasteiger partial charge in [-0.1, -0.05) is 6.92 Å². The molecule has 0 aromatic rings. The van der Waals surface area contributed by atoms with E-state index in [0.29, 0.717) is 32.8 Å². The average molecular weight is 291 g/mol. The van der Waals surface area contributed by atoms with Gasteiger partial charge in [-0.3, -0.25) is 0 Å². The molecule has 0 aromatic heterocycles. The third-order valence-corrected chi connectivity index (χ3v) is 6.25. The summed E-state index contributed by atoms with van der Waals surface area (Å²) in [6, 6.07) is -0.106. The van der Waals surface area contributed by atoms with Crippen molar-refractivity contribution in [1.82, 2.24) is 8.61 Å².